The third-order valence-corrected chi connectivity index (χ3v) is 7.60. The molecular formula is C32H37N3O5. The molecule has 210 valence electrons. The second-order valence-electron chi connectivity index (χ2n) is 11.7. The van der Waals surface area contributed by atoms with Gasteiger partial charge in [-0.25, -0.2) is 9.78 Å². The Morgan fingerprint density at radius 1 is 1.10 bits per heavy atom. The highest BCUT2D eigenvalue weighted by atomic mass is 16.6. The number of carbonyl (C=O) groups excluding carboxylic acids is 3. The molecule has 0 N–H and O–H groups in total. The molecule has 1 aromatic heterocycles. The van der Waals surface area contributed by atoms with Crippen LogP contribution >= 0.6 is 0 Å². The van der Waals surface area contributed by atoms with Crippen molar-refractivity contribution in [3.05, 3.63) is 64.8 Å². The molecule has 1 fully saturated rings. The van der Waals surface area contributed by atoms with E-state index in [4.69, 9.17) is 9.47 Å². The minimum Gasteiger partial charge on any atom is -0.444 e. The Bertz CT molecular complexity index is 1440. The number of aromatic nitrogens is 1. The normalized spacial score (nSPS) is 15.9. The van der Waals surface area contributed by atoms with Crippen LogP contribution in [0.3, 0.4) is 0 Å². The second-order valence-corrected chi connectivity index (χ2v) is 11.7. The van der Waals surface area contributed by atoms with Crippen molar-refractivity contribution in [1.82, 2.24) is 14.8 Å². The van der Waals surface area contributed by atoms with E-state index >= 15 is 0 Å². The van der Waals surface area contributed by atoms with Crippen LogP contribution in [0.2, 0.25) is 0 Å². The van der Waals surface area contributed by atoms with Gasteiger partial charge in [-0.05, 0) is 86.1 Å². The zero-order valence-corrected chi connectivity index (χ0v) is 23.7. The predicted molar refractivity (Wildman–Crippen MR) is 153 cm³/mol. The van der Waals surface area contributed by atoms with E-state index in [1.54, 1.807) is 6.92 Å². The lowest BCUT2D eigenvalue weighted by molar-refractivity contribution is -0.129. The number of pyridine rings is 1. The summed E-state index contributed by atoms with van der Waals surface area (Å²) in [6.45, 7) is 10.2. The second kappa shape index (κ2) is 11.4. The van der Waals surface area contributed by atoms with E-state index in [9.17, 15) is 14.4 Å². The molecule has 0 bridgehead atoms. The van der Waals surface area contributed by atoms with Crippen LogP contribution in [0.5, 0.6) is 0 Å². The first kappa shape index (κ1) is 27.8. The van der Waals surface area contributed by atoms with E-state index in [1.807, 2.05) is 54.8 Å². The van der Waals surface area contributed by atoms with Gasteiger partial charge in [0.1, 0.15) is 11.3 Å². The van der Waals surface area contributed by atoms with Gasteiger partial charge in [0, 0.05) is 51.2 Å². The molecule has 0 saturated carbocycles. The summed E-state index contributed by atoms with van der Waals surface area (Å²) in [5, 5.41) is 0.917. The van der Waals surface area contributed by atoms with Crippen LogP contribution in [-0.4, -0.2) is 64.5 Å². The summed E-state index contributed by atoms with van der Waals surface area (Å²) in [4.78, 5) is 45.2. The molecule has 8 nitrogen and oxygen atoms in total. The molecular weight excluding hydrogens is 506 g/mol. The molecule has 1 saturated heterocycles. The molecule has 3 aromatic rings. The van der Waals surface area contributed by atoms with E-state index in [0.29, 0.717) is 38.5 Å². The average Bonchev–Trinajstić information content (AvgIpc) is 2.94. The molecule has 2 aliphatic rings. The Balaban J connectivity index is 1.52. The minimum absolute atomic E-state index is 0.0320. The number of rotatable bonds is 5. The predicted octanol–water partition coefficient (Wildman–Crippen LogP) is 5.54. The van der Waals surface area contributed by atoms with Crippen LogP contribution in [0.4, 0.5) is 4.79 Å². The molecule has 0 spiro atoms. The summed E-state index contributed by atoms with van der Waals surface area (Å²) >= 11 is 0. The molecule has 0 unspecified atom stereocenters. The summed E-state index contributed by atoms with van der Waals surface area (Å²) in [6, 6.07) is 14.1. The number of aldehydes is 1. The first-order valence-corrected chi connectivity index (χ1v) is 14.0. The third kappa shape index (κ3) is 6.17. The summed E-state index contributed by atoms with van der Waals surface area (Å²) < 4.78 is 11.3. The Kier molecular flexibility index (Phi) is 7.90. The van der Waals surface area contributed by atoms with Gasteiger partial charge in [0.15, 0.2) is 6.29 Å². The van der Waals surface area contributed by atoms with Crippen LogP contribution in [0.1, 0.15) is 67.7 Å². The number of carbonyl (C=O) groups is 3. The lowest BCUT2D eigenvalue weighted by Crippen LogP contribution is -2.45. The van der Waals surface area contributed by atoms with Gasteiger partial charge in [-0.2, -0.15) is 0 Å². The Hall–Kier alpha value is -3.78. The highest BCUT2D eigenvalue weighted by molar-refractivity contribution is 5.97. The molecule has 3 heterocycles. The van der Waals surface area contributed by atoms with Gasteiger partial charge in [-0.3, -0.25) is 9.59 Å². The smallest absolute Gasteiger partial charge is 0.410 e. The van der Waals surface area contributed by atoms with E-state index < -0.39 is 5.60 Å². The molecule has 0 radical (unpaired) electrons. The molecule has 40 heavy (non-hydrogen) atoms. The van der Waals surface area contributed by atoms with Gasteiger partial charge in [0.2, 0.25) is 5.91 Å². The van der Waals surface area contributed by atoms with Crippen LogP contribution in [0.25, 0.3) is 22.0 Å². The van der Waals surface area contributed by atoms with Gasteiger partial charge >= 0.3 is 6.09 Å². The van der Waals surface area contributed by atoms with Gasteiger partial charge in [-0.1, -0.05) is 24.3 Å². The number of benzene rings is 2. The zero-order chi connectivity index (χ0) is 28.4. The number of nitrogens with zero attached hydrogens (tertiary/aromatic N) is 3. The Morgan fingerprint density at radius 3 is 2.58 bits per heavy atom. The van der Waals surface area contributed by atoms with Crippen LogP contribution in [-0.2, 0) is 33.8 Å². The van der Waals surface area contributed by atoms with Crippen LogP contribution in [0, 0.1) is 0 Å². The van der Waals surface area contributed by atoms with E-state index in [0.717, 1.165) is 58.7 Å². The molecule has 0 aliphatic carbocycles. The fraction of sp³-hybridized carbons (Fsp3) is 0.438. The van der Waals surface area contributed by atoms with Crippen molar-refractivity contribution in [3.63, 3.8) is 0 Å². The maximum atomic E-state index is 13.3. The standard InChI is InChI=1S/C32H37N3O5/c1-21(37)34-12-9-23-16-24(6-7-25(23)19-34)28-17-26(20-36)33-30-8-5-22(15-29(28)30)18-35(27-10-13-39-14-11-27)31(38)40-32(2,3)4/h5-8,15-17,20,27H,9-14,18-19H2,1-4H3. The van der Waals surface area contributed by atoms with Crippen LogP contribution < -0.4 is 0 Å². The maximum absolute atomic E-state index is 13.3. The Labute approximate surface area is 235 Å². The molecule has 2 aliphatic heterocycles. The van der Waals surface area contributed by atoms with Crippen molar-refractivity contribution < 1.29 is 23.9 Å². The fourth-order valence-corrected chi connectivity index (χ4v) is 5.54. The Morgan fingerprint density at radius 2 is 1.88 bits per heavy atom. The minimum atomic E-state index is -0.597. The summed E-state index contributed by atoms with van der Waals surface area (Å²) in [7, 11) is 0. The monoisotopic (exact) mass is 543 g/mol. The highest BCUT2D eigenvalue weighted by Gasteiger charge is 2.30. The number of ether oxygens (including phenoxy) is 2. The van der Waals surface area contributed by atoms with Crippen molar-refractivity contribution >= 4 is 29.2 Å². The molecule has 2 amide bonds. The largest absolute Gasteiger partial charge is 0.444 e. The first-order chi connectivity index (χ1) is 19.1. The van der Waals surface area contributed by atoms with E-state index in [2.05, 4.69) is 23.2 Å². The fourth-order valence-electron chi connectivity index (χ4n) is 5.54. The van der Waals surface area contributed by atoms with Crippen molar-refractivity contribution in [2.45, 2.75) is 71.7 Å². The topological polar surface area (TPSA) is 89.0 Å². The summed E-state index contributed by atoms with van der Waals surface area (Å²) in [6.07, 6.45) is 2.75. The van der Waals surface area contributed by atoms with Crippen LogP contribution in [0.15, 0.2) is 42.5 Å². The highest BCUT2D eigenvalue weighted by Crippen LogP contribution is 2.33. The SMILES string of the molecule is CC(=O)N1CCc2cc(-c3cc(C=O)nc4ccc(CN(C(=O)OC(C)(C)C)C5CCOCC5)cc34)ccc2C1. The number of fused-ring (bicyclic) bond motifs is 2. The van der Waals surface area contributed by atoms with Crippen molar-refractivity contribution in [1.29, 1.82) is 0 Å². The lowest BCUT2D eigenvalue weighted by atomic mass is 9.92. The van der Waals surface area contributed by atoms with Crippen molar-refractivity contribution in [3.8, 4) is 11.1 Å². The van der Waals surface area contributed by atoms with Gasteiger partial charge in [-0.15, -0.1) is 0 Å². The number of hydrogen-bond donors (Lipinski definition) is 0. The van der Waals surface area contributed by atoms with Crippen molar-refractivity contribution in [2.75, 3.05) is 19.8 Å². The average molecular weight is 544 g/mol. The molecule has 2 aromatic carbocycles. The quantitative estimate of drug-likeness (QED) is 0.393. The first-order valence-electron chi connectivity index (χ1n) is 14.0. The zero-order valence-electron chi connectivity index (χ0n) is 23.7. The van der Waals surface area contributed by atoms with Gasteiger partial charge in [0.05, 0.1) is 5.52 Å². The van der Waals surface area contributed by atoms with E-state index in [-0.39, 0.29) is 18.0 Å². The van der Waals surface area contributed by atoms with Crippen molar-refractivity contribution in [2.24, 2.45) is 0 Å². The summed E-state index contributed by atoms with van der Waals surface area (Å²) in [5.41, 5.74) is 5.72. The van der Waals surface area contributed by atoms with E-state index in [1.165, 1.54) is 5.56 Å². The number of hydrogen-bond acceptors (Lipinski definition) is 6. The lowest BCUT2D eigenvalue weighted by Gasteiger charge is -2.35. The third-order valence-electron chi connectivity index (χ3n) is 7.60. The van der Waals surface area contributed by atoms with Gasteiger partial charge < -0.3 is 19.3 Å². The molecule has 5 rings (SSSR count). The molecule has 8 heteroatoms. The summed E-state index contributed by atoms with van der Waals surface area (Å²) in [5.74, 6) is 0.0826. The maximum Gasteiger partial charge on any atom is 0.410 e. The van der Waals surface area contributed by atoms with Gasteiger partial charge in [0.25, 0.3) is 0 Å². The number of amides is 2. The molecule has 0 atom stereocenters.